The number of nitrogens with one attached hydrogen (secondary N) is 2. The Balaban J connectivity index is 1.45. The number of halogens is 1. The number of aryl methyl sites for hydroxylation is 1. The van der Waals surface area contributed by atoms with Crippen molar-refractivity contribution in [1.29, 1.82) is 0 Å². The fourth-order valence-electron chi connectivity index (χ4n) is 2.33. The number of nitrogens with zero attached hydrogens (tertiary/aromatic N) is 5. The Morgan fingerprint density at radius 3 is 3.00 bits per heavy atom. The van der Waals surface area contributed by atoms with E-state index in [1.165, 1.54) is 0 Å². The summed E-state index contributed by atoms with van der Waals surface area (Å²) in [5.74, 6) is 1.65. The van der Waals surface area contributed by atoms with Gasteiger partial charge >= 0.3 is 0 Å². The van der Waals surface area contributed by atoms with Crippen molar-refractivity contribution in [2.45, 2.75) is 19.5 Å². The summed E-state index contributed by atoms with van der Waals surface area (Å²) < 4.78 is 7.16. The quantitative estimate of drug-likeness (QED) is 0.375. The highest BCUT2D eigenvalue weighted by Gasteiger charge is 2.09. The molecule has 0 atom stereocenters. The Morgan fingerprint density at radius 2 is 2.23 bits per heavy atom. The first-order valence-electron chi connectivity index (χ1n) is 8.25. The van der Waals surface area contributed by atoms with Crippen LogP contribution in [-0.4, -0.2) is 39.5 Å². The summed E-state index contributed by atoms with van der Waals surface area (Å²) >= 11 is 5.99. The van der Waals surface area contributed by atoms with Crippen molar-refractivity contribution in [3.63, 3.8) is 0 Å². The lowest BCUT2D eigenvalue weighted by Gasteiger charge is -2.10. The molecule has 0 saturated heterocycles. The minimum absolute atomic E-state index is 0.381. The van der Waals surface area contributed by atoms with Gasteiger partial charge in [0.15, 0.2) is 5.96 Å². The van der Waals surface area contributed by atoms with Gasteiger partial charge in [-0.2, -0.15) is 10.1 Å². The third-order valence-electron chi connectivity index (χ3n) is 3.60. The number of hydrogen-bond donors (Lipinski definition) is 2. The molecule has 0 fully saturated rings. The first kappa shape index (κ1) is 17.9. The first-order chi connectivity index (χ1) is 12.7. The summed E-state index contributed by atoms with van der Waals surface area (Å²) in [5, 5.41) is 15.2. The zero-order valence-corrected chi connectivity index (χ0v) is 15.1. The SMILES string of the molecule is CN=C(NCCCn1cccn1)NCc1nc(-c2cccc(Cl)c2)no1. The number of rotatable bonds is 7. The predicted octanol–water partition coefficient (Wildman–Crippen LogP) is 2.34. The average Bonchev–Trinajstić information content (AvgIpc) is 3.33. The van der Waals surface area contributed by atoms with E-state index in [1.807, 2.05) is 29.1 Å². The fraction of sp³-hybridized carbons (Fsp3) is 0.294. The third-order valence-corrected chi connectivity index (χ3v) is 3.83. The van der Waals surface area contributed by atoms with Crippen molar-refractivity contribution in [1.82, 2.24) is 30.6 Å². The van der Waals surface area contributed by atoms with E-state index < -0.39 is 0 Å². The van der Waals surface area contributed by atoms with Crippen molar-refractivity contribution >= 4 is 17.6 Å². The Bertz CT molecular complexity index is 844. The van der Waals surface area contributed by atoms with Gasteiger partial charge in [0.2, 0.25) is 11.7 Å². The molecule has 2 heterocycles. The van der Waals surface area contributed by atoms with Gasteiger partial charge in [0, 0.05) is 43.1 Å². The van der Waals surface area contributed by atoms with Gasteiger partial charge in [0.05, 0.1) is 6.54 Å². The molecule has 0 spiro atoms. The monoisotopic (exact) mass is 373 g/mol. The minimum Gasteiger partial charge on any atom is -0.356 e. The molecular formula is C17H20ClN7O. The topological polar surface area (TPSA) is 93.2 Å². The summed E-state index contributed by atoms with van der Waals surface area (Å²) in [6, 6.07) is 9.24. The predicted molar refractivity (Wildman–Crippen MR) is 99.8 cm³/mol. The second-order valence-electron chi connectivity index (χ2n) is 5.50. The molecule has 0 radical (unpaired) electrons. The van der Waals surface area contributed by atoms with Crippen LogP contribution in [0.3, 0.4) is 0 Å². The van der Waals surface area contributed by atoms with Crippen LogP contribution in [0.25, 0.3) is 11.4 Å². The van der Waals surface area contributed by atoms with E-state index in [0.717, 1.165) is 25.1 Å². The van der Waals surface area contributed by atoms with E-state index in [9.17, 15) is 0 Å². The van der Waals surface area contributed by atoms with E-state index in [-0.39, 0.29) is 0 Å². The van der Waals surface area contributed by atoms with Crippen LogP contribution in [0.5, 0.6) is 0 Å². The van der Waals surface area contributed by atoms with Crippen LogP contribution >= 0.6 is 11.6 Å². The molecule has 0 aliphatic rings. The Morgan fingerprint density at radius 1 is 1.31 bits per heavy atom. The van der Waals surface area contributed by atoms with Gasteiger partial charge in [-0.15, -0.1) is 0 Å². The van der Waals surface area contributed by atoms with E-state index >= 15 is 0 Å². The highest BCUT2D eigenvalue weighted by Crippen LogP contribution is 2.19. The number of guanidine groups is 1. The molecule has 2 N–H and O–H groups in total. The molecule has 9 heteroatoms. The van der Waals surface area contributed by atoms with Gasteiger partial charge < -0.3 is 15.2 Å². The van der Waals surface area contributed by atoms with E-state index in [2.05, 4.69) is 30.9 Å². The van der Waals surface area contributed by atoms with Crippen LogP contribution in [0.2, 0.25) is 5.02 Å². The van der Waals surface area contributed by atoms with Gasteiger partial charge in [-0.1, -0.05) is 28.9 Å². The largest absolute Gasteiger partial charge is 0.356 e. The highest BCUT2D eigenvalue weighted by atomic mass is 35.5. The summed E-state index contributed by atoms with van der Waals surface area (Å²) in [6.07, 6.45) is 4.65. The molecule has 1 aromatic carbocycles. The summed E-state index contributed by atoms with van der Waals surface area (Å²) in [7, 11) is 1.72. The lowest BCUT2D eigenvalue weighted by Crippen LogP contribution is -2.37. The first-order valence-corrected chi connectivity index (χ1v) is 8.63. The molecule has 3 rings (SSSR count). The Hall–Kier alpha value is -2.87. The zero-order chi connectivity index (χ0) is 18.2. The van der Waals surface area contributed by atoms with Crippen LogP contribution in [0.15, 0.2) is 52.2 Å². The third kappa shape index (κ3) is 5.06. The zero-order valence-electron chi connectivity index (χ0n) is 14.4. The van der Waals surface area contributed by atoms with Crippen molar-refractivity contribution in [2.75, 3.05) is 13.6 Å². The molecule has 3 aromatic rings. The number of aliphatic imine (C=N–C) groups is 1. The van der Waals surface area contributed by atoms with Gasteiger partial charge in [-0.05, 0) is 24.6 Å². The number of aromatic nitrogens is 4. The Kier molecular flexibility index (Phi) is 6.21. The molecule has 136 valence electrons. The van der Waals surface area contributed by atoms with Crippen molar-refractivity contribution < 1.29 is 4.52 Å². The second kappa shape index (κ2) is 9.00. The van der Waals surface area contributed by atoms with E-state index in [0.29, 0.717) is 29.2 Å². The summed E-state index contributed by atoms with van der Waals surface area (Å²) in [4.78, 5) is 8.54. The van der Waals surface area contributed by atoms with Crippen molar-refractivity contribution in [2.24, 2.45) is 4.99 Å². The number of hydrogen-bond acceptors (Lipinski definition) is 5. The van der Waals surface area contributed by atoms with Crippen LogP contribution in [0.1, 0.15) is 12.3 Å². The van der Waals surface area contributed by atoms with Gasteiger partial charge in [0.1, 0.15) is 0 Å². The van der Waals surface area contributed by atoms with E-state index in [1.54, 1.807) is 25.4 Å². The van der Waals surface area contributed by atoms with Gasteiger partial charge in [-0.3, -0.25) is 9.67 Å². The van der Waals surface area contributed by atoms with Gasteiger partial charge in [-0.25, -0.2) is 0 Å². The maximum Gasteiger partial charge on any atom is 0.246 e. The van der Waals surface area contributed by atoms with Crippen LogP contribution in [0.4, 0.5) is 0 Å². The highest BCUT2D eigenvalue weighted by molar-refractivity contribution is 6.30. The van der Waals surface area contributed by atoms with Crippen molar-refractivity contribution in [3.05, 3.63) is 53.6 Å². The molecule has 0 aliphatic heterocycles. The fourth-order valence-corrected chi connectivity index (χ4v) is 2.52. The minimum atomic E-state index is 0.381. The molecule has 0 saturated carbocycles. The van der Waals surface area contributed by atoms with Gasteiger partial charge in [0.25, 0.3) is 0 Å². The smallest absolute Gasteiger partial charge is 0.246 e. The lowest BCUT2D eigenvalue weighted by atomic mass is 10.2. The van der Waals surface area contributed by atoms with Crippen molar-refractivity contribution in [3.8, 4) is 11.4 Å². The van der Waals surface area contributed by atoms with Crippen LogP contribution < -0.4 is 10.6 Å². The molecule has 8 nitrogen and oxygen atoms in total. The van der Waals surface area contributed by atoms with Crippen LogP contribution in [-0.2, 0) is 13.1 Å². The molecule has 0 unspecified atom stereocenters. The second-order valence-corrected chi connectivity index (χ2v) is 5.93. The molecule has 0 bridgehead atoms. The molecule has 26 heavy (non-hydrogen) atoms. The average molecular weight is 374 g/mol. The summed E-state index contributed by atoms with van der Waals surface area (Å²) in [6.45, 7) is 2.01. The van der Waals surface area contributed by atoms with Crippen LogP contribution in [0, 0.1) is 0 Å². The molecule has 0 aliphatic carbocycles. The van der Waals surface area contributed by atoms with E-state index in [4.69, 9.17) is 16.1 Å². The molecular weight excluding hydrogens is 354 g/mol. The summed E-state index contributed by atoms with van der Waals surface area (Å²) in [5.41, 5.74) is 0.814. The standard InChI is InChI=1S/C17H20ClN7O/c1-19-17(20-7-3-9-25-10-4-8-22-25)21-12-15-23-16(24-26-15)13-5-2-6-14(18)11-13/h2,4-6,8,10-11H,3,7,9,12H2,1H3,(H2,19,20,21). The molecule has 2 aromatic heterocycles. The lowest BCUT2D eigenvalue weighted by molar-refractivity contribution is 0.375. The maximum absolute atomic E-state index is 5.99. The number of benzene rings is 1. The normalized spacial score (nSPS) is 11.5. The maximum atomic E-state index is 5.99. The molecule has 0 amide bonds. The Labute approximate surface area is 156 Å².